The fraction of sp³-hybridized carbons (Fsp3) is 0.133. The van der Waals surface area contributed by atoms with Gasteiger partial charge in [0.25, 0.3) is 0 Å². The Morgan fingerprint density at radius 1 is 1.14 bits per heavy atom. The lowest BCUT2D eigenvalue weighted by atomic mass is 10.2. The Hall–Kier alpha value is -2.34. The SMILES string of the molecule is CC(=O)Nc1ccc(S(=O)(=O)c2ccccc2C)cc1N. The zero-order chi connectivity index (χ0) is 15.6. The van der Waals surface area contributed by atoms with E-state index >= 15 is 0 Å². The summed E-state index contributed by atoms with van der Waals surface area (Å²) in [7, 11) is -3.63. The van der Waals surface area contributed by atoms with Gasteiger partial charge in [-0.1, -0.05) is 18.2 Å². The molecule has 0 saturated carbocycles. The van der Waals surface area contributed by atoms with Gasteiger partial charge in [-0.05, 0) is 36.8 Å². The molecule has 0 spiro atoms. The van der Waals surface area contributed by atoms with E-state index in [1.807, 2.05) is 0 Å². The second kappa shape index (κ2) is 5.57. The Kier molecular flexibility index (Phi) is 3.99. The highest BCUT2D eigenvalue weighted by molar-refractivity contribution is 7.91. The van der Waals surface area contributed by atoms with Gasteiger partial charge in [0, 0.05) is 6.92 Å². The van der Waals surface area contributed by atoms with Crippen molar-refractivity contribution in [3.63, 3.8) is 0 Å². The first-order valence-electron chi connectivity index (χ1n) is 6.30. The summed E-state index contributed by atoms with van der Waals surface area (Å²) in [6.45, 7) is 3.10. The van der Waals surface area contributed by atoms with Gasteiger partial charge in [0.15, 0.2) is 0 Å². The number of nitrogens with one attached hydrogen (secondary N) is 1. The summed E-state index contributed by atoms with van der Waals surface area (Å²) in [5, 5.41) is 2.54. The maximum Gasteiger partial charge on any atom is 0.221 e. The highest BCUT2D eigenvalue weighted by atomic mass is 32.2. The van der Waals surface area contributed by atoms with E-state index in [9.17, 15) is 13.2 Å². The number of benzene rings is 2. The first kappa shape index (κ1) is 15.1. The van der Waals surface area contributed by atoms with Crippen molar-refractivity contribution in [2.45, 2.75) is 23.6 Å². The van der Waals surface area contributed by atoms with Crippen LogP contribution in [0.5, 0.6) is 0 Å². The largest absolute Gasteiger partial charge is 0.397 e. The fourth-order valence-corrected chi connectivity index (χ4v) is 3.53. The molecular formula is C15H16N2O3S. The van der Waals surface area contributed by atoms with Gasteiger partial charge in [-0.25, -0.2) is 8.42 Å². The van der Waals surface area contributed by atoms with E-state index in [1.165, 1.54) is 25.1 Å². The van der Waals surface area contributed by atoms with Crippen LogP contribution in [0, 0.1) is 6.92 Å². The van der Waals surface area contributed by atoms with Gasteiger partial charge >= 0.3 is 0 Å². The first-order chi connectivity index (χ1) is 9.82. The average molecular weight is 304 g/mol. The molecular weight excluding hydrogens is 288 g/mol. The molecule has 0 atom stereocenters. The van der Waals surface area contributed by atoms with Crippen molar-refractivity contribution in [1.29, 1.82) is 0 Å². The molecule has 5 nitrogen and oxygen atoms in total. The van der Waals surface area contributed by atoms with Gasteiger partial charge in [0.1, 0.15) is 0 Å². The molecule has 0 saturated heterocycles. The molecule has 0 radical (unpaired) electrons. The lowest BCUT2D eigenvalue weighted by Crippen LogP contribution is -2.09. The Morgan fingerprint density at radius 2 is 1.81 bits per heavy atom. The van der Waals surface area contributed by atoms with Crippen LogP contribution in [0.15, 0.2) is 52.3 Å². The van der Waals surface area contributed by atoms with Crippen LogP contribution in [0.25, 0.3) is 0 Å². The summed E-state index contributed by atoms with van der Waals surface area (Å²) in [5.41, 5.74) is 7.07. The summed E-state index contributed by atoms with van der Waals surface area (Å²) in [4.78, 5) is 11.4. The van der Waals surface area contributed by atoms with Gasteiger partial charge < -0.3 is 11.1 Å². The van der Waals surface area contributed by atoms with Crippen molar-refractivity contribution >= 4 is 27.1 Å². The van der Waals surface area contributed by atoms with Crippen molar-refractivity contribution in [3.8, 4) is 0 Å². The van der Waals surface area contributed by atoms with Crippen LogP contribution < -0.4 is 11.1 Å². The van der Waals surface area contributed by atoms with E-state index in [0.29, 0.717) is 11.3 Å². The summed E-state index contributed by atoms with van der Waals surface area (Å²) in [6.07, 6.45) is 0. The molecule has 0 heterocycles. The molecule has 0 aliphatic rings. The molecule has 2 aromatic carbocycles. The van der Waals surface area contributed by atoms with Gasteiger partial charge in [-0.15, -0.1) is 0 Å². The second-order valence-electron chi connectivity index (χ2n) is 4.70. The third kappa shape index (κ3) is 3.05. The molecule has 21 heavy (non-hydrogen) atoms. The number of carbonyl (C=O) groups is 1. The third-order valence-corrected chi connectivity index (χ3v) is 4.94. The topological polar surface area (TPSA) is 89.3 Å². The monoisotopic (exact) mass is 304 g/mol. The number of rotatable bonds is 3. The van der Waals surface area contributed by atoms with E-state index in [-0.39, 0.29) is 21.4 Å². The van der Waals surface area contributed by atoms with Crippen molar-refractivity contribution in [2.75, 3.05) is 11.1 Å². The van der Waals surface area contributed by atoms with E-state index in [2.05, 4.69) is 5.32 Å². The zero-order valence-electron chi connectivity index (χ0n) is 11.8. The van der Waals surface area contributed by atoms with Crippen LogP contribution in [-0.2, 0) is 14.6 Å². The van der Waals surface area contributed by atoms with E-state index < -0.39 is 9.84 Å². The number of hydrogen-bond acceptors (Lipinski definition) is 4. The Bertz CT molecular complexity index is 798. The normalized spacial score (nSPS) is 11.1. The van der Waals surface area contributed by atoms with Crippen molar-refractivity contribution in [1.82, 2.24) is 0 Å². The number of amides is 1. The molecule has 0 aliphatic heterocycles. The molecule has 1 amide bonds. The van der Waals surface area contributed by atoms with Crippen LogP contribution in [0.3, 0.4) is 0 Å². The number of nitrogen functional groups attached to an aromatic ring is 1. The van der Waals surface area contributed by atoms with Crippen LogP contribution in [0.2, 0.25) is 0 Å². The average Bonchev–Trinajstić information content (AvgIpc) is 2.40. The number of aryl methyl sites for hydroxylation is 1. The van der Waals surface area contributed by atoms with Crippen LogP contribution >= 0.6 is 0 Å². The Labute approximate surface area is 123 Å². The fourth-order valence-electron chi connectivity index (χ4n) is 2.00. The van der Waals surface area contributed by atoms with E-state index in [0.717, 1.165) is 0 Å². The van der Waals surface area contributed by atoms with Crippen LogP contribution in [-0.4, -0.2) is 14.3 Å². The quantitative estimate of drug-likeness (QED) is 0.852. The molecule has 0 aliphatic carbocycles. The summed E-state index contributed by atoms with van der Waals surface area (Å²) < 4.78 is 25.2. The second-order valence-corrected chi connectivity index (χ2v) is 6.62. The molecule has 2 rings (SSSR count). The minimum absolute atomic E-state index is 0.100. The standard InChI is InChI=1S/C15H16N2O3S/c1-10-5-3-4-6-15(10)21(19,20)12-7-8-14(13(16)9-12)17-11(2)18/h3-9H,16H2,1-2H3,(H,17,18). The summed E-state index contributed by atoms with van der Waals surface area (Å²) >= 11 is 0. The molecule has 0 fully saturated rings. The van der Waals surface area contributed by atoms with Gasteiger partial charge in [-0.3, -0.25) is 4.79 Å². The lowest BCUT2D eigenvalue weighted by molar-refractivity contribution is -0.114. The maximum atomic E-state index is 12.6. The minimum atomic E-state index is -3.63. The molecule has 0 unspecified atom stereocenters. The van der Waals surface area contributed by atoms with Gasteiger partial charge in [0.05, 0.1) is 21.2 Å². The first-order valence-corrected chi connectivity index (χ1v) is 7.78. The Morgan fingerprint density at radius 3 is 2.38 bits per heavy atom. The van der Waals surface area contributed by atoms with Crippen molar-refractivity contribution in [3.05, 3.63) is 48.0 Å². The number of carbonyl (C=O) groups excluding carboxylic acids is 1. The maximum absolute atomic E-state index is 12.6. The highest BCUT2D eigenvalue weighted by Gasteiger charge is 2.20. The van der Waals surface area contributed by atoms with E-state index in [4.69, 9.17) is 5.73 Å². The summed E-state index contributed by atoms with van der Waals surface area (Å²) in [5.74, 6) is -0.267. The number of sulfone groups is 1. The highest BCUT2D eigenvalue weighted by Crippen LogP contribution is 2.28. The number of anilines is 2. The van der Waals surface area contributed by atoms with Gasteiger partial charge in [0.2, 0.25) is 15.7 Å². The predicted octanol–water partition coefficient (Wildman–Crippen LogP) is 2.37. The summed E-state index contributed by atoms with van der Waals surface area (Å²) in [6, 6.07) is 11.0. The van der Waals surface area contributed by atoms with E-state index in [1.54, 1.807) is 31.2 Å². The molecule has 2 aromatic rings. The molecule has 6 heteroatoms. The number of nitrogens with two attached hydrogens (primary N) is 1. The smallest absolute Gasteiger partial charge is 0.221 e. The predicted molar refractivity (Wildman–Crippen MR) is 81.8 cm³/mol. The molecule has 0 bridgehead atoms. The lowest BCUT2D eigenvalue weighted by Gasteiger charge is -2.11. The molecule has 110 valence electrons. The zero-order valence-corrected chi connectivity index (χ0v) is 12.6. The van der Waals surface area contributed by atoms with Gasteiger partial charge in [-0.2, -0.15) is 0 Å². The molecule has 0 aromatic heterocycles. The third-order valence-electron chi connectivity index (χ3n) is 3.03. The minimum Gasteiger partial charge on any atom is -0.397 e. The Balaban J connectivity index is 2.49. The van der Waals surface area contributed by atoms with Crippen molar-refractivity contribution < 1.29 is 13.2 Å². The van der Waals surface area contributed by atoms with Crippen molar-refractivity contribution in [2.24, 2.45) is 0 Å². The van der Waals surface area contributed by atoms with Crippen LogP contribution in [0.4, 0.5) is 11.4 Å². The van der Waals surface area contributed by atoms with Crippen LogP contribution in [0.1, 0.15) is 12.5 Å². The number of hydrogen-bond donors (Lipinski definition) is 2. The molecule has 3 N–H and O–H groups in total.